The molecule has 1 amide bonds. The van der Waals surface area contributed by atoms with Gasteiger partial charge in [0.1, 0.15) is 0 Å². The van der Waals surface area contributed by atoms with Crippen molar-refractivity contribution in [1.82, 2.24) is 14.9 Å². The second-order valence-corrected chi connectivity index (χ2v) is 8.49. The first kappa shape index (κ1) is 17.4. The molecule has 0 aliphatic carbocycles. The van der Waals surface area contributed by atoms with Crippen molar-refractivity contribution in [2.24, 2.45) is 0 Å². The Labute approximate surface area is 161 Å². The SMILES string of the molecule is Cc1ncsc1CCC(=O)N1CCCN(c2nc3ccccc3s2)CC1. The molecular weight excluding hydrogens is 364 g/mol. The molecule has 1 saturated heterocycles. The van der Waals surface area contributed by atoms with Gasteiger partial charge in [0, 0.05) is 37.5 Å². The Morgan fingerprint density at radius 2 is 2.08 bits per heavy atom. The number of amides is 1. The van der Waals surface area contributed by atoms with E-state index in [1.54, 1.807) is 22.7 Å². The molecule has 1 fully saturated rings. The van der Waals surface area contributed by atoms with Crippen LogP contribution in [0.25, 0.3) is 10.2 Å². The number of carbonyl (C=O) groups excluding carboxylic acids is 1. The number of aryl methyl sites for hydroxylation is 2. The number of nitrogens with zero attached hydrogens (tertiary/aromatic N) is 4. The van der Waals surface area contributed by atoms with Crippen molar-refractivity contribution in [3.8, 4) is 0 Å². The average Bonchev–Trinajstić information content (AvgIpc) is 3.18. The van der Waals surface area contributed by atoms with E-state index in [1.807, 2.05) is 23.4 Å². The summed E-state index contributed by atoms with van der Waals surface area (Å²) in [4.78, 5) is 27.2. The largest absolute Gasteiger partial charge is 0.346 e. The highest BCUT2D eigenvalue weighted by atomic mass is 32.1. The van der Waals surface area contributed by atoms with Crippen molar-refractivity contribution in [3.63, 3.8) is 0 Å². The first-order valence-corrected chi connectivity index (χ1v) is 10.7. The first-order valence-electron chi connectivity index (χ1n) is 8.98. The maximum Gasteiger partial charge on any atom is 0.222 e. The summed E-state index contributed by atoms with van der Waals surface area (Å²) < 4.78 is 1.22. The number of fused-ring (bicyclic) bond motifs is 1. The summed E-state index contributed by atoms with van der Waals surface area (Å²) in [7, 11) is 0. The molecule has 1 aliphatic heterocycles. The molecule has 0 bridgehead atoms. The summed E-state index contributed by atoms with van der Waals surface area (Å²) in [5, 5.41) is 1.07. The molecule has 7 heteroatoms. The van der Waals surface area contributed by atoms with E-state index in [4.69, 9.17) is 4.98 Å². The minimum absolute atomic E-state index is 0.254. The van der Waals surface area contributed by atoms with Crippen LogP contribution >= 0.6 is 22.7 Å². The van der Waals surface area contributed by atoms with Crippen LogP contribution < -0.4 is 4.90 Å². The molecular formula is C19H22N4OS2. The Morgan fingerprint density at radius 3 is 2.88 bits per heavy atom. The van der Waals surface area contributed by atoms with Gasteiger partial charge in [-0.25, -0.2) is 9.97 Å². The van der Waals surface area contributed by atoms with Crippen LogP contribution in [0.4, 0.5) is 5.13 Å². The predicted molar refractivity (Wildman–Crippen MR) is 108 cm³/mol. The number of aromatic nitrogens is 2. The van der Waals surface area contributed by atoms with Gasteiger partial charge >= 0.3 is 0 Å². The zero-order valence-corrected chi connectivity index (χ0v) is 16.5. The van der Waals surface area contributed by atoms with Crippen LogP contribution in [-0.4, -0.2) is 47.0 Å². The minimum Gasteiger partial charge on any atom is -0.346 e. The van der Waals surface area contributed by atoms with Crippen LogP contribution in [0.1, 0.15) is 23.4 Å². The van der Waals surface area contributed by atoms with E-state index in [0.717, 1.165) is 55.4 Å². The van der Waals surface area contributed by atoms with Gasteiger partial charge in [-0.2, -0.15) is 0 Å². The standard InChI is InChI=1S/C19H22N4OS2/c1-14-16(25-13-20-14)7-8-18(24)22-9-4-10-23(12-11-22)19-21-15-5-2-3-6-17(15)26-19/h2-3,5-6,13H,4,7-12H2,1H3. The molecule has 3 heterocycles. The molecule has 2 aromatic heterocycles. The fraction of sp³-hybridized carbons (Fsp3) is 0.421. The molecule has 0 atom stereocenters. The normalized spacial score (nSPS) is 15.4. The molecule has 1 aliphatic rings. The van der Waals surface area contributed by atoms with Crippen molar-refractivity contribution in [3.05, 3.63) is 40.3 Å². The summed E-state index contributed by atoms with van der Waals surface area (Å²) in [6.07, 6.45) is 2.36. The molecule has 0 unspecified atom stereocenters. The highest BCUT2D eigenvalue weighted by Crippen LogP contribution is 2.29. The number of hydrogen-bond acceptors (Lipinski definition) is 6. The Bertz CT molecular complexity index is 871. The zero-order chi connectivity index (χ0) is 17.9. The fourth-order valence-electron chi connectivity index (χ4n) is 3.30. The van der Waals surface area contributed by atoms with Gasteiger partial charge in [0.25, 0.3) is 0 Å². The maximum absolute atomic E-state index is 12.6. The van der Waals surface area contributed by atoms with Crippen LogP contribution in [0.15, 0.2) is 29.8 Å². The minimum atomic E-state index is 0.254. The summed E-state index contributed by atoms with van der Waals surface area (Å²) in [6, 6.07) is 8.26. The van der Waals surface area contributed by atoms with E-state index in [-0.39, 0.29) is 5.91 Å². The van der Waals surface area contributed by atoms with E-state index in [0.29, 0.717) is 6.42 Å². The molecule has 5 nitrogen and oxygen atoms in total. The fourth-order valence-corrected chi connectivity index (χ4v) is 5.10. The lowest BCUT2D eigenvalue weighted by Crippen LogP contribution is -2.35. The van der Waals surface area contributed by atoms with Gasteiger partial charge in [-0.3, -0.25) is 4.79 Å². The molecule has 26 heavy (non-hydrogen) atoms. The van der Waals surface area contributed by atoms with Crippen LogP contribution in [-0.2, 0) is 11.2 Å². The van der Waals surface area contributed by atoms with Crippen LogP contribution in [0.2, 0.25) is 0 Å². The highest BCUT2D eigenvalue weighted by Gasteiger charge is 2.21. The number of benzene rings is 1. The molecule has 0 saturated carbocycles. The average molecular weight is 387 g/mol. The van der Waals surface area contributed by atoms with Gasteiger partial charge in [0.2, 0.25) is 5.91 Å². The molecule has 1 aromatic carbocycles. The summed E-state index contributed by atoms with van der Waals surface area (Å²) in [5.74, 6) is 0.254. The molecule has 3 aromatic rings. The number of anilines is 1. The lowest BCUT2D eigenvalue weighted by molar-refractivity contribution is -0.130. The lowest BCUT2D eigenvalue weighted by Gasteiger charge is -2.21. The smallest absolute Gasteiger partial charge is 0.222 e. The number of rotatable bonds is 4. The van der Waals surface area contributed by atoms with E-state index < -0.39 is 0 Å². The Balaban J connectivity index is 1.36. The number of para-hydroxylation sites is 1. The third-order valence-corrected chi connectivity index (χ3v) is 6.90. The number of hydrogen-bond donors (Lipinski definition) is 0. The molecule has 136 valence electrons. The van der Waals surface area contributed by atoms with Gasteiger partial charge < -0.3 is 9.80 Å². The number of carbonyl (C=O) groups is 1. The monoisotopic (exact) mass is 386 g/mol. The van der Waals surface area contributed by atoms with Crippen molar-refractivity contribution in [1.29, 1.82) is 0 Å². The maximum atomic E-state index is 12.6. The zero-order valence-electron chi connectivity index (χ0n) is 14.9. The molecule has 4 rings (SSSR count). The summed E-state index contributed by atoms with van der Waals surface area (Å²) in [5.41, 5.74) is 3.97. The topological polar surface area (TPSA) is 49.3 Å². The predicted octanol–water partition coefficient (Wildman–Crippen LogP) is 3.73. The van der Waals surface area contributed by atoms with Gasteiger partial charge in [-0.15, -0.1) is 11.3 Å². The highest BCUT2D eigenvalue weighted by molar-refractivity contribution is 7.22. The van der Waals surface area contributed by atoms with Crippen LogP contribution in [0.3, 0.4) is 0 Å². The summed E-state index contributed by atoms with van der Waals surface area (Å²) in [6.45, 7) is 5.43. The van der Waals surface area contributed by atoms with E-state index in [9.17, 15) is 4.79 Å². The van der Waals surface area contributed by atoms with Crippen LogP contribution in [0.5, 0.6) is 0 Å². The Morgan fingerprint density at radius 1 is 1.19 bits per heavy atom. The molecule has 0 radical (unpaired) electrons. The lowest BCUT2D eigenvalue weighted by atomic mass is 10.2. The van der Waals surface area contributed by atoms with Gasteiger partial charge in [-0.1, -0.05) is 23.5 Å². The van der Waals surface area contributed by atoms with Crippen molar-refractivity contribution < 1.29 is 4.79 Å². The first-order chi connectivity index (χ1) is 12.7. The van der Waals surface area contributed by atoms with Crippen molar-refractivity contribution in [2.75, 3.05) is 31.1 Å². The van der Waals surface area contributed by atoms with E-state index >= 15 is 0 Å². The summed E-state index contributed by atoms with van der Waals surface area (Å²) >= 11 is 3.38. The van der Waals surface area contributed by atoms with Gasteiger partial charge in [0.15, 0.2) is 5.13 Å². The number of thiazole rings is 2. The molecule has 0 spiro atoms. The molecule has 0 N–H and O–H groups in total. The van der Waals surface area contributed by atoms with Gasteiger partial charge in [-0.05, 0) is 31.9 Å². The quantitative estimate of drug-likeness (QED) is 0.685. The third kappa shape index (κ3) is 3.73. The Hall–Kier alpha value is -1.99. The van der Waals surface area contributed by atoms with Crippen LogP contribution in [0, 0.1) is 6.92 Å². The second-order valence-electron chi connectivity index (χ2n) is 6.55. The van der Waals surface area contributed by atoms with Crippen molar-refractivity contribution in [2.45, 2.75) is 26.2 Å². The van der Waals surface area contributed by atoms with E-state index in [1.165, 1.54) is 9.58 Å². The van der Waals surface area contributed by atoms with Crippen molar-refractivity contribution >= 4 is 43.9 Å². The second kappa shape index (κ2) is 7.72. The Kier molecular flexibility index (Phi) is 5.17. The third-order valence-electron chi connectivity index (χ3n) is 4.81. The van der Waals surface area contributed by atoms with E-state index in [2.05, 4.69) is 28.1 Å². The van der Waals surface area contributed by atoms with Gasteiger partial charge in [0.05, 0.1) is 21.4 Å².